The van der Waals surface area contributed by atoms with Gasteiger partial charge in [-0.3, -0.25) is 0 Å². The summed E-state index contributed by atoms with van der Waals surface area (Å²) in [5.74, 6) is 0. The second-order valence-corrected chi connectivity index (χ2v) is 6.00. The van der Waals surface area contributed by atoms with E-state index in [1.165, 1.54) is 11.1 Å². The lowest BCUT2D eigenvalue weighted by Crippen LogP contribution is -2.71. The van der Waals surface area contributed by atoms with E-state index in [1.54, 1.807) is 0 Å². The summed E-state index contributed by atoms with van der Waals surface area (Å²) in [4.78, 5) is 0. The van der Waals surface area contributed by atoms with Crippen molar-refractivity contribution in [2.45, 2.75) is 32.2 Å². The summed E-state index contributed by atoms with van der Waals surface area (Å²) in [6.45, 7) is 5.01. The third-order valence-electron chi connectivity index (χ3n) is 4.65. The Morgan fingerprint density at radius 2 is 1.35 bits per heavy atom. The fourth-order valence-electron chi connectivity index (χ4n) is 3.29. The predicted molar refractivity (Wildman–Crippen MR) is 80.9 cm³/mol. The Kier molecular flexibility index (Phi) is 3.60. The van der Waals surface area contributed by atoms with Crippen LogP contribution in [0.2, 0.25) is 0 Å². The van der Waals surface area contributed by atoms with Crippen LogP contribution in [0, 0.1) is 0 Å². The molecule has 0 bridgehead atoms. The topological polar surface area (TPSA) is 20.2 Å². The van der Waals surface area contributed by atoms with Gasteiger partial charge in [0.2, 0.25) is 0 Å². The molecule has 20 heavy (non-hydrogen) atoms. The molecule has 0 spiro atoms. The molecule has 1 fully saturated rings. The molecule has 1 aliphatic rings. The summed E-state index contributed by atoms with van der Waals surface area (Å²) in [5.41, 5.74) is 2.70. The molecule has 0 unspecified atom stereocenters. The Morgan fingerprint density at radius 1 is 0.900 bits per heavy atom. The minimum absolute atomic E-state index is 0.164. The van der Waals surface area contributed by atoms with Crippen LogP contribution in [0.4, 0.5) is 0 Å². The average molecular weight is 268 g/mol. The summed E-state index contributed by atoms with van der Waals surface area (Å²) in [6.07, 6.45) is -0.164. The van der Waals surface area contributed by atoms with Crippen LogP contribution in [0.1, 0.15) is 18.1 Å². The molecule has 2 nitrogen and oxygen atoms in total. The molecule has 104 valence electrons. The van der Waals surface area contributed by atoms with E-state index < -0.39 is 0 Å². The second kappa shape index (κ2) is 5.39. The predicted octanol–water partition coefficient (Wildman–Crippen LogP) is 2.97. The van der Waals surface area contributed by atoms with Crippen molar-refractivity contribution in [2.75, 3.05) is 6.54 Å². The first-order valence-corrected chi connectivity index (χ1v) is 7.31. The molecular weight excluding hydrogens is 246 g/mol. The molecule has 0 aromatic heterocycles. The van der Waals surface area contributed by atoms with Crippen molar-refractivity contribution >= 4 is 0 Å². The molecule has 2 aromatic rings. The van der Waals surface area contributed by atoms with Gasteiger partial charge in [0.1, 0.15) is 25.7 Å². The van der Waals surface area contributed by atoms with Crippen LogP contribution in [-0.2, 0) is 13.1 Å². The minimum Gasteiger partial charge on any atom is -0.381 e. The minimum atomic E-state index is -0.164. The number of aliphatic hydroxyl groups excluding tert-OH is 1. The lowest BCUT2D eigenvalue weighted by Gasteiger charge is -2.54. The standard InChI is InChI=1S/C18H22NO/c1-15-18(20)14-19(15,12-16-8-4-2-5-9-16)13-17-10-6-3-7-11-17/h2-11,15,18,20H,12-14H2,1H3/q+1/t15-,18-/m0/s1. The van der Waals surface area contributed by atoms with Crippen molar-refractivity contribution in [3.8, 4) is 0 Å². The maximum Gasteiger partial charge on any atom is 0.154 e. The number of hydrogen-bond donors (Lipinski definition) is 1. The van der Waals surface area contributed by atoms with E-state index in [-0.39, 0.29) is 6.10 Å². The van der Waals surface area contributed by atoms with Gasteiger partial charge in [0.05, 0.1) is 0 Å². The molecule has 2 heteroatoms. The maximum atomic E-state index is 9.99. The van der Waals surface area contributed by atoms with Crippen molar-refractivity contribution in [1.29, 1.82) is 0 Å². The fraction of sp³-hybridized carbons (Fsp3) is 0.333. The highest BCUT2D eigenvalue weighted by atomic mass is 16.3. The number of nitrogens with zero attached hydrogens (tertiary/aromatic N) is 1. The number of benzene rings is 2. The monoisotopic (exact) mass is 268 g/mol. The first kappa shape index (κ1) is 13.3. The van der Waals surface area contributed by atoms with Gasteiger partial charge in [-0.1, -0.05) is 60.7 Å². The Morgan fingerprint density at radius 3 is 1.70 bits per heavy atom. The van der Waals surface area contributed by atoms with E-state index in [9.17, 15) is 5.11 Å². The van der Waals surface area contributed by atoms with E-state index in [1.807, 2.05) is 0 Å². The molecule has 2 atom stereocenters. The van der Waals surface area contributed by atoms with Crippen LogP contribution in [0.15, 0.2) is 60.7 Å². The summed E-state index contributed by atoms with van der Waals surface area (Å²) < 4.78 is 0.954. The number of quaternary nitrogens is 1. The Balaban J connectivity index is 1.83. The quantitative estimate of drug-likeness (QED) is 0.845. The Bertz CT molecular complexity index is 511. The second-order valence-electron chi connectivity index (χ2n) is 6.00. The van der Waals surface area contributed by atoms with Crippen LogP contribution in [0.25, 0.3) is 0 Å². The normalized spacial score (nSPS) is 24.1. The number of hydrogen-bond acceptors (Lipinski definition) is 1. The number of aliphatic hydroxyl groups is 1. The lowest BCUT2D eigenvalue weighted by molar-refractivity contribution is -1.02. The number of rotatable bonds is 4. The van der Waals surface area contributed by atoms with E-state index in [0.29, 0.717) is 6.04 Å². The molecule has 1 N–H and O–H groups in total. The van der Waals surface area contributed by atoms with Crippen molar-refractivity contribution in [3.63, 3.8) is 0 Å². The zero-order valence-corrected chi connectivity index (χ0v) is 11.9. The molecule has 2 aromatic carbocycles. The van der Waals surface area contributed by atoms with Crippen molar-refractivity contribution in [1.82, 2.24) is 0 Å². The molecule has 0 aliphatic carbocycles. The van der Waals surface area contributed by atoms with E-state index in [4.69, 9.17) is 0 Å². The van der Waals surface area contributed by atoms with Crippen molar-refractivity contribution < 1.29 is 9.59 Å². The summed E-state index contributed by atoms with van der Waals surface area (Å²) in [5, 5.41) is 9.99. The smallest absolute Gasteiger partial charge is 0.154 e. The van der Waals surface area contributed by atoms with Crippen molar-refractivity contribution in [2.24, 2.45) is 0 Å². The van der Waals surface area contributed by atoms with Gasteiger partial charge in [-0.05, 0) is 6.92 Å². The summed E-state index contributed by atoms with van der Waals surface area (Å²) in [7, 11) is 0. The van der Waals surface area contributed by atoms with Crippen LogP contribution < -0.4 is 0 Å². The van der Waals surface area contributed by atoms with Gasteiger partial charge < -0.3 is 9.59 Å². The fourth-order valence-corrected chi connectivity index (χ4v) is 3.29. The van der Waals surface area contributed by atoms with Gasteiger partial charge >= 0.3 is 0 Å². The largest absolute Gasteiger partial charge is 0.381 e. The van der Waals surface area contributed by atoms with Crippen LogP contribution in [0.3, 0.4) is 0 Å². The molecule has 1 saturated heterocycles. The van der Waals surface area contributed by atoms with Gasteiger partial charge in [0, 0.05) is 11.1 Å². The third kappa shape index (κ3) is 2.49. The molecule has 0 radical (unpaired) electrons. The molecule has 3 rings (SSSR count). The first-order chi connectivity index (χ1) is 9.70. The zero-order valence-electron chi connectivity index (χ0n) is 11.9. The molecular formula is C18H22NO+. The average Bonchev–Trinajstić information content (AvgIpc) is 2.49. The van der Waals surface area contributed by atoms with Gasteiger partial charge in [0.15, 0.2) is 6.10 Å². The van der Waals surface area contributed by atoms with Gasteiger partial charge in [0.25, 0.3) is 0 Å². The zero-order chi connectivity index (χ0) is 14.0. The molecule has 1 aliphatic heterocycles. The van der Waals surface area contributed by atoms with Crippen molar-refractivity contribution in [3.05, 3.63) is 71.8 Å². The van der Waals surface area contributed by atoms with E-state index in [2.05, 4.69) is 67.6 Å². The first-order valence-electron chi connectivity index (χ1n) is 7.31. The number of likely N-dealkylation sites (tertiary alicyclic amines) is 1. The Hall–Kier alpha value is -1.64. The van der Waals surface area contributed by atoms with E-state index in [0.717, 1.165) is 24.1 Å². The molecule has 1 heterocycles. The maximum absolute atomic E-state index is 9.99. The van der Waals surface area contributed by atoms with E-state index >= 15 is 0 Å². The summed E-state index contributed by atoms with van der Waals surface area (Å²) in [6, 6.07) is 21.5. The molecule has 0 saturated carbocycles. The van der Waals surface area contributed by atoms with Gasteiger partial charge in [-0.2, -0.15) is 0 Å². The van der Waals surface area contributed by atoms with Crippen LogP contribution >= 0.6 is 0 Å². The highest BCUT2D eigenvalue weighted by molar-refractivity contribution is 5.16. The lowest BCUT2D eigenvalue weighted by atomic mass is 9.92. The SMILES string of the molecule is C[C@H]1[C@@H](O)C[N+]1(Cc1ccccc1)Cc1ccccc1. The van der Waals surface area contributed by atoms with Gasteiger partial charge in [-0.15, -0.1) is 0 Å². The Labute approximate surface area is 120 Å². The third-order valence-corrected chi connectivity index (χ3v) is 4.65. The highest BCUT2D eigenvalue weighted by Gasteiger charge is 2.50. The van der Waals surface area contributed by atoms with Gasteiger partial charge in [-0.25, -0.2) is 0 Å². The highest BCUT2D eigenvalue weighted by Crippen LogP contribution is 2.34. The summed E-state index contributed by atoms with van der Waals surface area (Å²) >= 11 is 0. The molecule has 0 amide bonds. The van der Waals surface area contributed by atoms with Crippen LogP contribution in [0.5, 0.6) is 0 Å². The van der Waals surface area contributed by atoms with Crippen LogP contribution in [-0.4, -0.2) is 28.3 Å².